The number of unbranched alkanes of at least 4 members (excludes halogenated alkanes) is 6. The third-order valence-corrected chi connectivity index (χ3v) is 10.7. The minimum atomic E-state index is -0.689. The third-order valence-electron chi connectivity index (χ3n) is 10.7. The number of carbonyl (C=O) groups is 2. The molecule has 0 amide bonds. The number of aliphatic carboxylic acids is 1. The van der Waals surface area contributed by atoms with Crippen LogP contribution in [0.3, 0.4) is 0 Å². The summed E-state index contributed by atoms with van der Waals surface area (Å²) in [6.07, 6.45) is 15.8. The molecule has 5 heteroatoms. The number of rotatable bonds is 11. The number of carboxylic acid groups (broad SMARTS) is 1. The fraction of sp³-hybridized carbons (Fsp3) is 0.931. The predicted molar refractivity (Wildman–Crippen MR) is 132 cm³/mol. The molecule has 0 aromatic carbocycles. The Morgan fingerprint density at radius 1 is 0.971 bits per heavy atom. The lowest BCUT2D eigenvalue weighted by Gasteiger charge is -2.62. The predicted octanol–water partition coefficient (Wildman–Crippen LogP) is 6.16. The maximum Gasteiger partial charge on any atom is 0.303 e. The number of ketones is 1. The van der Waals surface area contributed by atoms with E-state index < -0.39 is 5.97 Å². The summed E-state index contributed by atoms with van der Waals surface area (Å²) in [5, 5.41) is 19.7. The summed E-state index contributed by atoms with van der Waals surface area (Å²) in [6.45, 7) is 5.59. The second-order valence-corrected chi connectivity index (χ2v) is 12.6. The van der Waals surface area contributed by atoms with Gasteiger partial charge in [0.2, 0.25) is 0 Å². The first kappa shape index (κ1) is 26.1. The molecule has 8 atom stereocenters. The van der Waals surface area contributed by atoms with Crippen molar-refractivity contribution in [1.82, 2.24) is 0 Å². The highest BCUT2D eigenvalue weighted by molar-refractivity contribution is 5.79. The van der Waals surface area contributed by atoms with E-state index in [0.717, 1.165) is 77.2 Å². The number of carboxylic acids is 1. The SMILES string of the molecule is CC12CC(OCCCCCCCCCC(=O)O)C3C(CCC4CC(=O)CCC43C)C1CCC2O. The Morgan fingerprint density at radius 3 is 2.41 bits per heavy atom. The van der Waals surface area contributed by atoms with Gasteiger partial charge in [-0.05, 0) is 85.9 Å². The number of hydrogen-bond donors (Lipinski definition) is 2. The first-order chi connectivity index (χ1) is 16.3. The molecular formula is C29H48O5. The van der Waals surface area contributed by atoms with Crippen LogP contribution in [0.5, 0.6) is 0 Å². The van der Waals surface area contributed by atoms with Crippen LogP contribution in [0.25, 0.3) is 0 Å². The summed E-state index contributed by atoms with van der Waals surface area (Å²) in [4.78, 5) is 22.9. The van der Waals surface area contributed by atoms with Crippen molar-refractivity contribution >= 4 is 11.8 Å². The number of aliphatic hydroxyl groups is 1. The van der Waals surface area contributed by atoms with E-state index in [1.807, 2.05) is 0 Å². The summed E-state index contributed by atoms with van der Waals surface area (Å²) in [6, 6.07) is 0. The molecule has 5 nitrogen and oxygen atoms in total. The molecule has 4 rings (SSSR count). The van der Waals surface area contributed by atoms with E-state index in [9.17, 15) is 14.7 Å². The van der Waals surface area contributed by atoms with E-state index in [-0.39, 0.29) is 23.0 Å². The number of fused-ring (bicyclic) bond motifs is 5. The van der Waals surface area contributed by atoms with E-state index in [4.69, 9.17) is 9.84 Å². The van der Waals surface area contributed by atoms with Crippen molar-refractivity contribution in [3.63, 3.8) is 0 Å². The lowest BCUT2D eigenvalue weighted by atomic mass is 9.44. The van der Waals surface area contributed by atoms with Gasteiger partial charge in [-0.25, -0.2) is 0 Å². The highest BCUT2D eigenvalue weighted by Crippen LogP contribution is 2.66. The number of hydrogen-bond acceptors (Lipinski definition) is 4. The fourth-order valence-electron chi connectivity index (χ4n) is 8.76. The first-order valence-corrected chi connectivity index (χ1v) is 14.3. The van der Waals surface area contributed by atoms with Gasteiger partial charge in [-0.1, -0.05) is 46.0 Å². The van der Waals surface area contributed by atoms with Crippen LogP contribution in [0, 0.1) is 34.5 Å². The Morgan fingerprint density at radius 2 is 1.68 bits per heavy atom. The van der Waals surface area contributed by atoms with Gasteiger partial charge in [-0.15, -0.1) is 0 Å². The molecule has 2 N–H and O–H groups in total. The van der Waals surface area contributed by atoms with Crippen molar-refractivity contribution in [2.75, 3.05) is 6.61 Å². The van der Waals surface area contributed by atoms with E-state index in [1.54, 1.807) is 0 Å². The average Bonchev–Trinajstić information content (AvgIpc) is 3.09. The summed E-state index contributed by atoms with van der Waals surface area (Å²) in [7, 11) is 0. The Hall–Kier alpha value is -0.940. The number of ether oxygens (including phenoxy) is 1. The van der Waals surface area contributed by atoms with Gasteiger partial charge < -0.3 is 14.9 Å². The lowest BCUT2D eigenvalue weighted by Crippen LogP contribution is -2.60. The second kappa shape index (κ2) is 11.0. The Kier molecular flexibility index (Phi) is 8.44. The van der Waals surface area contributed by atoms with Crippen molar-refractivity contribution in [1.29, 1.82) is 0 Å². The molecule has 8 unspecified atom stereocenters. The van der Waals surface area contributed by atoms with Crippen molar-refractivity contribution in [3.8, 4) is 0 Å². The zero-order chi connectivity index (χ0) is 24.3. The topological polar surface area (TPSA) is 83.8 Å². The largest absolute Gasteiger partial charge is 0.481 e. The standard InChI is InChI=1S/C29H48O5/c1-28-16-15-21(30)18-20(28)11-12-22-23-13-14-25(31)29(23,2)19-24(27(22)28)34-17-9-7-5-3-4-6-8-10-26(32)33/h20,22-25,27,31H,3-19H2,1-2H3,(H,32,33). The van der Waals surface area contributed by atoms with Gasteiger partial charge >= 0.3 is 5.97 Å². The van der Waals surface area contributed by atoms with Gasteiger partial charge in [-0.2, -0.15) is 0 Å². The summed E-state index contributed by atoms with van der Waals surface area (Å²) < 4.78 is 6.73. The van der Waals surface area contributed by atoms with E-state index in [0.29, 0.717) is 35.9 Å². The van der Waals surface area contributed by atoms with Crippen LogP contribution in [-0.2, 0) is 14.3 Å². The highest BCUT2D eigenvalue weighted by Gasteiger charge is 2.63. The summed E-state index contributed by atoms with van der Waals surface area (Å²) in [5.74, 6) is 2.03. The minimum Gasteiger partial charge on any atom is -0.481 e. The van der Waals surface area contributed by atoms with Crippen LogP contribution in [0.2, 0.25) is 0 Å². The zero-order valence-corrected chi connectivity index (χ0v) is 21.6. The summed E-state index contributed by atoms with van der Waals surface area (Å²) >= 11 is 0. The molecule has 0 saturated heterocycles. The number of aliphatic hydroxyl groups excluding tert-OH is 1. The molecule has 0 bridgehead atoms. The van der Waals surface area contributed by atoms with Crippen LogP contribution >= 0.6 is 0 Å². The van der Waals surface area contributed by atoms with Crippen molar-refractivity contribution in [2.45, 2.75) is 129 Å². The molecule has 4 fully saturated rings. The number of carbonyl (C=O) groups excluding carboxylic acids is 1. The van der Waals surface area contributed by atoms with Crippen molar-refractivity contribution in [3.05, 3.63) is 0 Å². The van der Waals surface area contributed by atoms with E-state index in [2.05, 4.69) is 13.8 Å². The molecule has 4 aliphatic carbocycles. The molecule has 34 heavy (non-hydrogen) atoms. The molecule has 0 aromatic heterocycles. The zero-order valence-electron chi connectivity index (χ0n) is 21.6. The molecule has 0 aliphatic heterocycles. The summed E-state index contributed by atoms with van der Waals surface area (Å²) in [5.41, 5.74) is 0.182. The smallest absolute Gasteiger partial charge is 0.303 e. The van der Waals surface area contributed by atoms with E-state index in [1.165, 1.54) is 25.7 Å². The third kappa shape index (κ3) is 5.26. The van der Waals surface area contributed by atoms with Crippen molar-refractivity contribution in [2.24, 2.45) is 34.5 Å². The van der Waals surface area contributed by atoms with Crippen LogP contribution in [0.4, 0.5) is 0 Å². The van der Waals surface area contributed by atoms with Gasteiger partial charge in [0.15, 0.2) is 0 Å². The van der Waals surface area contributed by atoms with Crippen LogP contribution in [0.1, 0.15) is 117 Å². The van der Waals surface area contributed by atoms with Crippen molar-refractivity contribution < 1.29 is 24.5 Å². The fourth-order valence-corrected chi connectivity index (χ4v) is 8.76. The Balaban J connectivity index is 1.32. The molecule has 0 aromatic rings. The number of Topliss-reactive ketones (excluding diaryl/α,β-unsaturated/α-hetero) is 1. The second-order valence-electron chi connectivity index (χ2n) is 12.6. The average molecular weight is 477 g/mol. The van der Waals surface area contributed by atoms with Crippen LogP contribution in [-0.4, -0.2) is 40.8 Å². The monoisotopic (exact) mass is 476 g/mol. The van der Waals surface area contributed by atoms with Crippen LogP contribution < -0.4 is 0 Å². The van der Waals surface area contributed by atoms with Gasteiger partial charge in [-0.3, -0.25) is 9.59 Å². The van der Waals surface area contributed by atoms with Gasteiger partial charge in [0.25, 0.3) is 0 Å². The minimum absolute atomic E-state index is 0.0184. The molecule has 0 radical (unpaired) electrons. The maximum atomic E-state index is 12.3. The Bertz CT molecular complexity index is 721. The molecular weight excluding hydrogens is 428 g/mol. The van der Waals surface area contributed by atoms with Gasteiger partial charge in [0.05, 0.1) is 12.2 Å². The molecule has 0 spiro atoms. The maximum absolute atomic E-state index is 12.3. The molecule has 0 heterocycles. The Labute approximate surface area is 206 Å². The molecule has 4 saturated carbocycles. The molecule has 4 aliphatic rings. The quantitative estimate of drug-likeness (QED) is 0.349. The molecule has 194 valence electrons. The van der Waals surface area contributed by atoms with E-state index >= 15 is 0 Å². The normalized spacial score (nSPS) is 41.6. The van der Waals surface area contributed by atoms with Gasteiger partial charge in [0, 0.05) is 25.9 Å². The van der Waals surface area contributed by atoms with Crippen LogP contribution in [0.15, 0.2) is 0 Å². The first-order valence-electron chi connectivity index (χ1n) is 14.3. The van der Waals surface area contributed by atoms with Gasteiger partial charge in [0.1, 0.15) is 5.78 Å². The highest BCUT2D eigenvalue weighted by atomic mass is 16.5. The lowest BCUT2D eigenvalue weighted by molar-refractivity contribution is -0.192.